The second-order valence-electron chi connectivity index (χ2n) is 4.30. The molecule has 90 valence electrons. The van der Waals surface area contributed by atoms with Crippen molar-refractivity contribution < 1.29 is 17.9 Å². The second-order valence-corrected chi connectivity index (χ2v) is 4.30. The van der Waals surface area contributed by atoms with Crippen LogP contribution >= 0.6 is 0 Å². The first-order valence-electron chi connectivity index (χ1n) is 5.29. The van der Waals surface area contributed by atoms with Crippen LogP contribution in [0.25, 0.3) is 0 Å². The maximum absolute atomic E-state index is 12.1. The summed E-state index contributed by atoms with van der Waals surface area (Å²) < 4.78 is 41.4. The molecule has 3 atom stereocenters. The van der Waals surface area contributed by atoms with Crippen molar-refractivity contribution in [1.29, 1.82) is 0 Å². The van der Waals surface area contributed by atoms with E-state index in [4.69, 9.17) is 4.74 Å². The highest BCUT2D eigenvalue weighted by Crippen LogP contribution is 2.23. The normalized spacial score (nSPS) is 26.6. The van der Waals surface area contributed by atoms with Crippen LogP contribution in [-0.4, -0.2) is 31.5 Å². The molecule has 0 aromatic rings. The largest absolute Gasteiger partial charge is 0.390 e. The van der Waals surface area contributed by atoms with Gasteiger partial charge in [-0.25, -0.2) is 0 Å². The van der Waals surface area contributed by atoms with Crippen LogP contribution in [0.15, 0.2) is 0 Å². The van der Waals surface area contributed by atoms with Crippen molar-refractivity contribution in [1.82, 2.24) is 5.32 Å². The number of rotatable bonds is 4. The zero-order chi connectivity index (χ0) is 11.5. The molecule has 0 saturated carbocycles. The average Bonchev–Trinajstić information content (AvgIpc) is 2.50. The van der Waals surface area contributed by atoms with Gasteiger partial charge in [-0.2, -0.15) is 13.2 Å². The molecule has 0 spiro atoms. The molecular formula is C10H18F3NO. The van der Waals surface area contributed by atoms with Crippen LogP contribution in [0.5, 0.6) is 0 Å². The molecule has 3 unspecified atom stereocenters. The number of alkyl halides is 3. The molecule has 0 radical (unpaired) electrons. The molecule has 1 aliphatic rings. The summed E-state index contributed by atoms with van der Waals surface area (Å²) in [5.41, 5.74) is 0. The van der Waals surface area contributed by atoms with Crippen molar-refractivity contribution in [3.05, 3.63) is 0 Å². The molecule has 5 heteroatoms. The van der Waals surface area contributed by atoms with Crippen molar-refractivity contribution in [3.63, 3.8) is 0 Å². The molecule has 2 nitrogen and oxygen atoms in total. The molecule has 1 fully saturated rings. The van der Waals surface area contributed by atoms with E-state index < -0.39 is 18.6 Å². The van der Waals surface area contributed by atoms with Crippen molar-refractivity contribution in [2.45, 2.75) is 44.9 Å². The van der Waals surface area contributed by atoms with Crippen molar-refractivity contribution >= 4 is 0 Å². The van der Waals surface area contributed by atoms with E-state index in [-0.39, 0.29) is 6.04 Å². The summed E-state index contributed by atoms with van der Waals surface area (Å²) >= 11 is 0. The average molecular weight is 225 g/mol. The molecular weight excluding hydrogens is 207 g/mol. The molecule has 1 aliphatic heterocycles. The standard InChI is InChI=1S/C10H18F3NO/c1-7(5-10(11,12)13)14-8(2)9-3-4-15-6-9/h7-9,14H,3-6H2,1-2H3. The Balaban J connectivity index is 2.27. The molecule has 1 rings (SSSR count). The third kappa shape index (κ3) is 4.84. The van der Waals surface area contributed by atoms with E-state index in [1.54, 1.807) is 6.92 Å². The van der Waals surface area contributed by atoms with Gasteiger partial charge < -0.3 is 10.1 Å². The fourth-order valence-electron chi connectivity index (χ4n) is 1.94. The highest BCUT2D eigenvalue weighted by atomic mass is 19.4. The fourth-order valence-corrected chi connectivity index (χ4v) is 1.94. The molecule has 0 amide bonds. The van der Waals surface area contributed by atoms with E-state index in [2.05, 4.69) is 5.32 Å². The van der Waals surface area contributed by atoms with Gasteiger partial charge in [-0.15, -0.1) is 0 Å². The van der Waals surface area contributed by atoms with Crippen LogP contribution < -0.4 is 5.32 Å². The molecule has 1 heterocycles. The molecule has 0 aromatic heterocycles. The first-order valence-corrected chi connectivity index (χ1v) is 5.29. The number of halogens is 3. The predicted octanol–water partition coefficient (Wildman–Crippen LogP) is 2.34. The van der Waals surface area contributed by atoms with Crippen LogP contribution in [0.4, 0.5) is 13.2 Å². The van der Waals surface area contributed by atoms with Crippen LogP contribution in [-0.2, 0) is 4.74 Å². The van der Waals surface area contributed by atoms with Crippen LogP contribution in [0.2, 0.25) is 0 Å². The Kier molecular flexibility index (Phi) is 4.40. The van der Waals surface area contributed by atoms with Gasteiger partial charge in [0, 0.05) is 18.7 Å². The van der Waals surface area contributed by atoms with Gasteiger partial charge in [0.1, 0.15) is 0 Å². The zero-order valence-electron chi connectivity index (χ0n) is 9.10. The van der Waals surface area contributed by atoms with Gasteiger partial charge in [0.15, 0.2) is 0 Å². The van der Waals surface area contributed by atoms with Gasteiger partial charge in [0.25, 0.3) is 0 Å². The van der Waals surface area contributed by atoms with Gasteiger partial charge in [-0.3, -0.25) is 0 Å². The Bertz CT molecular complexity index is 190. The lowest BCUT2D eigenvalue weighted by Crippen LogP contribution is -2.41. The minimum Gasteiger partial charge on any atom is -0.381 e. The monoisotopic (exact) mass is 225 g/mol. The summed E-state index contributed by atoms with van der Waals surface area (Å²) in [7, 11) is 0. The van der Waals surface area contributed by atoms with Gasteiger partial charge in [0.05, 0.1) is 13.0 Å². The highest BCUT2D eigenvalue weighted by molar-refractivity contribution is 4.79. The van der Waals surface area contributed by atoms with Gasteiger partial charge in [-0.05, 0) is 26.2 Å². The lowest BCUT2D eigenvalue weighted by atomic mass is 9.99. The molecule has 0 bridgehead atoms. The Morgan fingerprint density at radius 1 is 1.40 bits per heavy atom. The van der Waals surface area contributed by atoms with Crippen LogP contribution in [0, 0.1) is 5.92 Å². The highest BCUT2D eigenvalue weighted by Gasteiger charge is 2.31. The summed E-state index contributed by atoms with van der Waals surface area (Å²) in [6.07, 6.45) is -3.92. The van der Waals surface area contributed by atoms with E-state index in [9.17, 15) is 13.2 Å². The first-order chi connectivity index (χ1) is 6.88. The summed E-state index contributed by atoms with van der Waals surface area (Å²) in [5, 5.41) is 2.98. The Labute approximate surface area is 88.2 Å². The van der Waals surface area contributed by atoms with Gasteiger partial charge >= 0.3 is 6.18 Å². The van der Waals surface area contributed by atoms with Crippen LogP contribution in [0.1, 0.15) is 26.7 Å². The molecule has 1 N–H and O–H groups in total. The first kappa shape index (κ1) is 12.8. The van der Waals surface area contributed by atoms with E-state index in [1.807, 2.05) is 6.92 Å². The fraction of sp³-hybridized carbons (Fsp3) is 1.00. The maximum atomic E-state index is 12.1. The smallest absolute Gasteiger partial charge is 0.381 e. The Morgan fingerprint density at radius 2 is 2.07 bits per heavy atom. The minimum absolute atomic E-state index is 0.0878. The molecule has 0 aromatic carbocycles. The zero-order valence-corrected chi connectivity index (χ0v) is 9.10. The van der Waals surface area contributed by atoms with Crippen molar-refractivity contribution in [3.8, 4) is 0 Å². The molecule has 0 aliphatic carbocycles. The summed E-state index contributed by atoms with van der Waals surface area (Å²) in [5.74, 6) is 0.348. The lowest BCUT2D eigenvalue weighted by molar-refractivity contribution is -0.139. The predicted molar refractivity (Wildman–Crippen MR) is 51.7 cm³/mol. The van der Waals surface area contributed by atoms with Crippen molar-refractivity contribution in [2.24, 2.45) is 5.92 Å². The molecule has 15 heavy (non-hydrogen) atoms. The van der Waals surface area contributed by atoms with Crippen molar-refractivity contribution in [2.75, 3.05) is 13.2 Å². The quantitative estimate of drug-likeness (QED) is 0.793. The summed E-state index contributed by atoms with van der Waals surface area (Å²) in [6.45, 7) is 4.88. The van der Waals surface area contributed by atoms with E-state index >= 15 is 0 Å². The molecule has 1 saturated heterocycles. The number of hydrogen-bond acceptors (Lipinski definition) is 2. The Hall–Kier alpha value is -0.290. The number of hydrogen-bond donors (Lipinski definition) is 1. The SMILES string of the molecule is CC(CC(F)(F)F)NC(C)C1CCOC1. The topological polar surface area (TPSA) is 21.3 Å². The second kappa shape index (κ2) is 5.16. The number of ether oxygens (including phenoxy) is 1. The van der Waals surface area contributed by atoms with E-state index in [1.165, 1.54) is 0 Å². The van der Waals surface area contributed by atoms with Gasteiger partial charge in [-0.1, -0.05) is 0 Å². The third-order valence-corrected chi connectivity index (χ3v) is 2.76. The summed E-state index contributed by atoms with van der Waals surface area (Å²) in [6, 6.07) is -0.439. The van der Waals surface area contributed by atoms with E-state index in [0.29, 0.717) is 12.5 Å². The Morgan fingerprint density at radius 3 is 2.53 bits per heavy atom. The maximum Gasteiger partial charge on any atom is 0.390 e. The number of nitrogens with one attached hydrogen (secondary N) is 1. The van der Waals surface area contributed by atoms with Gasteiger partial charge in [0.2, 0.25) is 0 Å². The lowest BCUT2D eigenvalue weighted by Gasteiger charge is -2.24. The summed E-state index contributed by atoms with van der Waals surface area (Å²) in [4.78, 5) is 0. The minimum atomic E-state index is -4.09. The van der Waals surface area contributed by atoms with Crippen LogP contribution in [0.3, 0.4) is 0 Å². The third-order valence-electron chi connectivity index (χ3n) is 2.76. The van der Waals surface area contributed by atoms with E-state index in [0.717, 1.165) is 13.0 Å².